The van der Waals surface area contributed by atoms with Gasteiger partial charge < -0.3 is 0 Å². The smallest absolute Gasteiger partial charge is 0.125 e. The molecule has 0 N–H and O–H groups in total. The molecule has 0 atom stereocenters. The Morgan fingerprint density at radius 2 is 2.36 bits per heavy atom. The van der Waals surface area contributed by atoms with Gasteiger partial charge in [-0.1, -0.05) is 13.8 Å². The van der Waals surface area contributed by atoms with E-state index < -0.39 is 0 Å². The van der Waals surface area contributed by atoms with Gasteiger partial charge in [0.25, 0.3) is 0 Å². The highest BCUT2D eigenvalue weighted by Crippen LogP contribution is 2.11. The van der Waals surface area contributed by atoms with Crippen LogP contribution in [0.25, 0.3) is 0 Å². The van der Waals surface area contributed by atoms with E-state index in [0.717, 1.165) is 6.42 Å². The summed E-state index contributed by atoms with van der Waals surface area (Å²) < 4.78 is 0. The normalized spacial score (nSPS) is 15.4. The summed E-state index contributed by atoms with van der Waals surface area (Å²) in [5.41, 5.74) is 1.19. The fourth-order valence-electron chi connectivity index (χ4n) is 0.936. The fraction of sp³-hybridized carbons (Fsp3) is 0.444. The van der Waals surface area contributed by atoms with Gasteiger partial charge >= 0.3 is 0 Å². The number of allylic oxidation sites excluding steroid dienone is 2. The molecule has 0 aliphatic carbocycles. The Balaban J connectivity index is 2.64. The summed E-state index contributed by atoms with van der Waals surface area (Å²) in [5, 5.41) is 0. The van der Waals surface area contributed by atoms with Crippen LogP contribution in [-0.2, 0) is 0 Å². The van der Waals surface area contributed by atoms with Crippen molar-refractivity contribution in [1.29, 1.82) is 0 Å². The van der Waals surface area contributed by atoms with Gasteiger partial charge in [0, 0.05) is 12.3 Å². The Morgan fingerprint density at radius 3 is 3.09 bits per heavy atom. The zero-order chi connectivity index (χ0) is 8.10. The van der Waals surface area contributed by atoms with Crippen molar-refractivity contribution in [2.45, 2.75) is 20.3 Å². The lowest BCUT2D eigenvalue weighted by molar-refractivity contribution is 0.649. The molecule has 0 amide bonds. The second-order valence-corrected chi connectivity index (χ2v) is 2.97. The number of rotatable bonds is 2. The number of hydrogen-bond donors (Lipinski definition) is 0. The second kappa shape index (κ2) is 3.89. The summed E-state index contributed by atoms with van der Waals surface area (Å²) in [4.78, 5) is 7.74. The summed E-state index contributed by atoms with van der Waals surface area (Å²) in [5.74, 6) is 3.44. The number of aliphatic imine (C=N–C) groups is 2. The molecule has 0 aromatic carbocycles. The van der Waals surface area contributed by atoms with Crippen LogP contribution >= 0.6 is 0 Å². The molecule has 1 aliphatic heterocycles. The van der Waals surface area contributed by atoms with Crippen molar-refractivity contribution in [2.75, 3.05) is 0 Å². The highest BCUT2D eigenvalue weighted by Gasteiger charge is 1.97. The molecule has 1 aliphatic rings. The van der Waals surface area contributed by atoms with Gasteiger partial charge in [-0.25, -0.2) is 4.99 Å². The van der Waals surface area contributed by atoms with Crippen LogP contribution in [0.3, 0.4) is 0 Å². The van der Waals surface area contributed by atoms with E-state index in [2.05, 4.69) is 29.7 Å². The Labute approximate surface area is 67.1 Å². The van der Waals surface area contributed by atoms with Crippen LogP contribution in [0, 0.1) is 5.92 Å². The van der Waals surface area contributed by atoms with Gasteiger partial charge in [0.1, 0.15) is 6.34 Å². The lowest BCUT2D eigenvalue weighted by Crippen LogP contribution is -1.88. The molecular formula is C9H12N2. The SMILES string of the molecule is CC(C)CC1=CN=CN=C=C1. The molecule has 2 nitrogen and oxygen atoms in total. The zero-order valence-corrected chi connectivity index (χ0v) is 6.91. The summed E-state index contributed by atoms with van der Waals surface area (Å²) in [7, 11) is 0. The maximum Gasteiger partial charge on any atom is 0.125 e. The molecule has 0 aromatic heterocycles. The number of hydrogen-bond acceptors (Lipinski definition) is 2. The molecule has 1 rings (SSSR count). The van der Waals surface area contributed by atoms with Gasteiger partial charge in [-0.3, -0.25) is 0 Å². The molecule has 11 heavy (non-hydrogen) atoms. The highest BCUT2D eigenvalue weighted by atomic mass is 14.8. The minimum absolute atomic E-state index is 0.660. The molecule has 0 fully saturated rings. The van der Waals surface area contributed by atoms with Gasteiger partial charge in [0.15, 0.2) is 0 Å². The summed E-state index contributed by atoms with van der Waals surface area (Å²) in [6.07, 6.45) is 6.26. The maximum atomic E-state index is 3.96. The minimum Gasteiger partial charge on any atom is -0.244 e. The van der Waals surface area contributed by atoms with E-state index in [-0.39, 0.29) is 0 Å². The maximum absolute atomic E-state index is 3.96. The predicted octanol–water partition coefficient (Wildman–Crippen LogP) is 2.18. The van der Waals surface area contributed by atoms with Crippen LogP contribution in [0.15, 0.2) is 27.8 Å². The average Bonchev–Trinajstić information content (AvgIpc) is 2.14. The second-order valence-electron chi connectivity index (χ2n) is 2.97. The molecule has 0 radical (unpaired) electrons. The minimum atomic E-state index is 0.660. The number of nitrogens with zero attached hydrogens (tertiary/aromatic N) is 2. The average molecular weight is 148 g/mol. The Hall–Kier alpha value is -1.14. The van der Waals surface area contributed by atoms with E-state index in [1.54, 1.807) is 0 Å². The zero-order valence-electron chi connectivity index (χ0n) is 6.91. The molecule has 0 unspecified atom stereocenters. The monoisotopic (exact) mass is 148 g/mol. The van der Waals surface area contributed by atoms with E-state index in [1.807, 2.05) is 12.3 Å². The van der Waals surface area contributed by atoms with Crippen LogP contribution in [0.5, 0.6) is 0 Å². The molecule has 0 bridgehead atoms. The topological polar surface area (TPSA) is 24.7 Å². The van der Waals surface area contributed by atoms with Crippen LogP contribution in [-0.4, -0.2) is 12.2 Å². The lowest BCUT2D eigenvalue weighted by atomic mass is 10.0. The van der Waals surface area contributed by atoms with Crippen molar-refractivity contribution >= 4 is 12.2 Å². The van der Waals surface area contributed by atoms with Crippen LogP contribution in [0.2, 0.25) is 0 Å². The van der Waals surface area contributed by atoms with Gasteiger partial charge in [0.2, 0.25) is 0 Å². The van der Waals surface area contributed by atoms with Crippen molar-refractivity contribution < 1.29 is 0 Å². The van der Waals surface area contributed by atoms with Crippen molar-refractivity contribution in [2.24, 2.45) is 15.9 Å². The van der Waals surface area contributed by atoms with Gasteiger partial charge in [0.05, 0.1) is 0 Å². The fourth-order valence-corrected chi connectivity index (χ4v) is 0.936. The van der Waals surface area contributed by atoms with Crippen molar-refractivity contribution in [3.05, 3.63) is 17.8 Å². The third-order valence-corrected chi connectivity index (χ3v) is 1.33. The summed E-state index contributed by atoms with van der Waals surface area (Å²) in [6, 6.07) is 0. The molecule has 58 valence electrons. The molecule has 0 saturated heterocycles. The summed E-state index contributed by atoms with van der Waals surface area (Å²) >= 11 is 0. The Kier molecular flexibility index (Phi) is 2.82. The largest absolute Gasteiger partial charge is 0.244 e. The van der Waals surface area contributed by atoms with Gasteiger partial charge in [-0.05, 0) is 23.8 Å². The third-order valence-electron chi connectivity index (χ3n) is 1.33. The predicted molar refractivity (Wildman–Crippen MR) is 48.0 cm³/mol. The standard InChI is InChI=1S/C9H12N2/c1-8(2)5-9-3-4-10-7-11-6-9/h3,6-8H,5H2,1-2H3. The molecule has 2 heteroatoms. The van der Waals surface area contributed by atoms with Crippen LogP contribution in [0.4, 0.5) is 0 Å². The van der Waals surface area contributed by atoms with E-state index in [0.29, 0.717) is 5.92 Å². The van der Waals surface area contributed by atoms with Crippen molar-refractivity contribution in [3.8, 4) is 0 Å². The lowest BCUT2D eigenvalue weighted by Gasteiger charge is -2.01. The van der Waals surface area contributed by atoms with E-state index in [9.17, 15) is 0 Å². The van der Waals surface area contributed by atoms with Gasteiger partial charge in [-0.15, -0.1) is 0 Å². The Morgan fingerprint density at radius 1 is 1.55 bits per heavy atom. The first-order valence-electron chi connectivity index (χ1n) is 3.78. The van der Waals surface area contributed by atoms with E-state index >= 15 is 0 Å². The quantitative estimate of drug-likeness (QED) is 0.573. The first-order valence-corrected chi connectivity index (χ1v) is 3.78. The van der Waals surface area contributed by atoms with Crippen LogP contribution in [0.1, 0.15) is 20.3 Å². The molecule has 1 heterocycles. The van der Waals surface area contributed by atoms with Crippen molar-refractivity contribution in [1.82, 2.24) is 0 Å². The first kappa shape index (κ1) is 7.96. The summed E-state index contributed by atoms with van der Waals surface area (Å²) in [6.45, 7) is 4.36. The first-order chi connectivity index (χ1) is 5.29. The third kappa shape index (κ3) is 2.96. The van der Waals surface area contributed by atoms with Crippen molar-refractivity contribution in [3.63, 3.8) is 0 Å². The molecule has 0 spiro atoms. The Bertz CT molecular complexity index is 240. The molecule has 0 aromatic rings. The van der Waals surface area contributed by atoms with E-state index in [1.165, 1.54) is 11.9 Å². The highest BCUT2D eigenvalue weighted by molar-refractivity contribution is 5.72. The molecule has 0 saturated carbocycles. The molecular weight excluding hydrogens is 136 g/mol. The van der Waals surface area contributed by atoms with Gasteiger partial charge in [-0.2, -0.15) is 4.99 Å². The van der Waals surface area contributed by atoms with Crippen LogP contribution < -0.4 is 0 Å². The van der Waals surface area contributed by atoms with E-state index in [4.69, 9.17) is 0 Å².